The molecule has 0 saturated carbocycles. The molecule has 0 aliphatic rings. The first-order valence-corrected chi connectivity index (χ1v) is 6.57. The molecule has 0 aromatic carbocycles. The predicted molar refractivity (Wildman–Crippen MR) is 74.9 cm³/mol. The lowest BCUT2D eigenvalue weighted by molar-refractivity contribution is 0.0741. The minimum atomic E-state index is 0.0241. The first-order chi connectivity index (χ1) is 8.61. The Balaban J connectivity index is 2.90. The fraction of sp³-hybridized carbons (Fsp3) is 0.571. The van der Waals surface area contributed by atoms with Crippen LogP contribution in [-0.4, -0.2) is 35.4 Å². The van der Waals surface area contributed by atoms with Gasteiger partial charge in [0, 0.05) is 25.8 Å². The van der Waals surface area contributed by atoms with Gasteiger partial charge in [-0.15, -0.1) is 0 Å². The van der Waals surface area contributed by atoms with Crippen molar-refractivity contribution in [1.29, 1.82) is 0 Å². The topological polar surface area (TPSA) is 45.2 Å². The monoisotopic (exact) mass is 249 g/mol. The van der Waals surface area contributed by atoms with Crippen molar-refractivity contribution in [1.82, 2.24) is 9.88 Å². The van der Waals surface area contributed by atoms with Crippen LogP contribution in [0.3, 0.4) is 0 Å². The number of nitrogens with zero attached hydrogens (tertiary/aromatic N) is 2. The summed E-state index contributed by atoms with van der Waals surface area (Å²) in [5, 5.41) is 3.20. The number of amides is 1. The summed E-state index contributed by atoms with van der Waals surface area (Å²) in [6.45, 7) is 7.04. The highest BCUT2D eigenvalue weighted by molar-refractivity contribution is 5.98. The SMILES string of the molecule is CCCNc1ncccc1C(=O)N(C)C(C)CC. The number of anilines is 1. The van der Waals surface area contributed by atoms with Gasteiger partial charge in [-0.3, -0.25) is 4.79 Å². The predicted octanol–water partition coefficient (Wildman–Crippen LogP) is 2.77. The van der Waals surface area contributed by atoms with Gasteiger partial charge >= 0.3 is 0 Å². The summed E-state index contributed by atoms with van der Waals surface area (Å²) >= 11 is 0. The number of rotatable bonds is 6. The van der Waals surface area contributed by atoms with Gasteiger partial charge in [0.25, 0.3) is 5.91 Å². The van der Waals surface area contributed by atoms with E-state index in [2.05, 4.69) is 24.1 Å². The van der Waals surface area contributed by atoms with Crippen LogP contribution in [0.25, 0.3) is 0 Å². The van der Waals surface area contributed by atoms with E-state index in [9.17, 15) is 4.79 Å². The van der Waals surface area contributed by atoms with E-state index in [-0.39, 0.29) is 11.9 Å². The van der Waals surface area contributed by atoms with Gasteiger partial charge in [-0.2, -0.15) is 0 Å². The molecule has 1 rings (SSSR count). The number of pyridine rings is 1. The van der Waals surface area contributed by atoms with E-state index in [1.54, 1.807) is 17.2 Å². The normalized spacial score (nSPS) is 12.0. The van der Waals surface area contributed by atoms with Crippen molar-refractivity contribution >= 4 is 11.7 Å². The van der Waals surface area contributed by atoms with E-state index < -0.39 is 0 Å². The van der Waals surface area contributed by atoms with Crippen molar-refractivity contribution in [2.75, 3.05) is 18.9 Å². The second-order valence-corrected chi connectivity index (χ2v) is 4.50. The van der Waals surface area contributed by atoms with Gasteiger partial charge in [-0.05, 0) is 31.9 Å². The molecule has 0 fully saturated rings. The van der Waals surface area contributed by atoms with E-state index in [4.69, 9.17) is 0 Å². The Morgan fingerprint density at radius 2 is 2.22 bits per heavy atom. The maximum absolute atomic E-state index is 12.4. The van der Waals surface area contributed by atoms with Gasteiger partial charge in [0.2, 0.25) is 0 Å². The quantitative estimate of drug-likeness (QED) is 0.843. The molecule has 1 aromatic rings. The summed E-state index contributed by atoms with van der Waals surface area (Å²) in [7, 11) is 1.84. The molecule has 1 amide bonds. The van der Waals surface area contributed by atoms with E-state index in [0.717, 1.165) is 19.4 Å². The van der Waals surface area contributed by atoms with Gasteiger partial charge in [-0.1, -0.05) is 13.8 Å². The molecule has 1 aromatic heterocycles. The zero-order valence-electron chi connectivity index (χ0n) is 11.7. The molecule has 0 bridgehead atoms. The van der Waals surface area contributed by atoms with Crippen molar-refractivity contribution in [3.05, 3.63) is 23.9 Å². The molecular formula is C14H23N3O. The van der Waals surface area contributed by atoms with Crippen molar-refractivity contribution in [3.8, 4) is 0 Å². The fourth-order valence-corrected chi connectivity index (χ4v) is 1.63. The third-order valence-corrected chi connectivity index (χ3v) is 3.15. The van der Waals surface area contributed by atoms with Crippen LogP contribution in [-0.2, 0) is 0 Å². The Kier molecular flexibility index (Phi) is 5.62. The molecule has 18 heavy (non-hydrogen) atoms. The number of hydrogen-bond donors (Lipinski definition) is 1. The molecule has 0 radical (unpaired) electrons. The van der Waals surface area contributed by atoms with Gasteiger partial charge in [0.15, 0.2) is 0 Å². The Morgan fingerprint density at radius 1 is 1.50 bits per heavy atom. The molecule has 1 N–H and O–H groups in total. The maximum atomic E-state index is 12.4. The molecule has 4 nitrogen and oxygen atoms in total. The fourth-order valence-electron chi connectivity index (χ4n) is 1.63. The van der Waals surface area contributed by atoms with Crippen LogP contribution in [0.4, 0.5) is 5.82 Å². The number of aromatic nitrogens is 1. The maximum Gasteiger partial charge on any atom is 0.257 e. The summed E-state index contributed by atoms with van der Waals surface area (Å²) < 4.78 is 0. The van der Waals surface area contributed by atoms with E-state index in [1.807, 2.05) is 20.0 Å². The standard InChI is InChI=1S/C14H23N3O/c1-5-9-15-13-12(8-7-10-16-13)14(18)17(4)11(3)6-2/h7-8,10-11H,5-6,9H2,1-4H3,(H,15,16). The summed E-state index contributed by atoms with van der Waals surface area (Å²) in [6, 6.07) is 3.86. The van der Waals surface area contributed by atoms with Crippen LogP contribution in [0.1, 0.15) is 44.0 Å². The molecule has 100 valence electrons. The number of carbonyl (C=O) groups excluding carboxylic acids is 1. The third-order valence-electron chi connectivity index (χ3n) is 3.15. The Bertz CT molecular complexity index is 392. The average molecular weight is 249 g/mol. The second-order valence-electron chi connectivity index (χ2n) is 4.50. The van der Waals surface area contributed by atoms with Gasteiger partial charge in [0.1, 0.15) is 5.82 Å². The Labute approximate surface area is 109 Å². The molecule has 1 unspecified atom stereocenters. The highest BCUT2D eigenvalue weighted by atomic mass is 16.2. The number of hydrogen-bond acceptors (Lipinski definition) is 3. The lowest BCUT2D eigenvalue weighted by Crippen LogP contribution is -2.35. The molecule has 1 atom stereocenters. The van der Waals surface area contributed by atoms with Gasteiger partial charge < -0.3 is 10.2 Å². The molecule has 0 saturated heterocycles. The minimum Gasteiger partial charge on any atom is -0.369 e. The molecule has 1 heterocycles. The zero-order chi connectivity index (χ0) is 13.5. The summed E-state index contributed by atoms with van der Waals surface area (Å²) in [4.78, 5) is 18.4. The van der Waals surface area contributed by atoms with Crippen molar-refractivity contribution in [3.63, 3.8) is 0 Å². The second kappa shape index (κ2) is 6.99. The highest BCUT2D eigenvalue weighted by Crippen LogP contribution is 2.15. The van der Waals surface area contributed by atoms with E-state index >= 15 is 0 Å². The summed E-state index contributed by atoms with van der Waals surface area (Å²) in [5.41, 5.74) is 0.647. The lowest BCUT2D eigenvalue weighted by atomic mass is 10.1. The Morgan fingerprint density at radius 3 is 2.83 bits per heavy atom. The zero-order valence-corrected chi connectivity index (χ0v) is 11.7. The molecule has 0 spiro atoms. The molecule has 0 aliphatic carbocycles. The van der Waals surface area contributed by atoms with Crippen LogP contribution < -0.4 is 5.32 Å². The van der Waals surface area contributed by atoms with Crippen LogP contribution in [0.2, 0.25) is 0 Å². The van der Waals surface area contributed by atoms with Crippen LogP contribution in [0.15, 0.2) is 18.3 Å². The molecule has 0 aliphatic heterocycles. The smallest absolute Gasteiger partial charge is 0.257 e. The first kappa shape index (κ1) is 14.5. The lowest BCUT2D eigenvalue weighted by Gasteiger charge is -2.24. The number of nitrogens with one attached hydrogen (secondary N) is 1. The van der Waals surface area contributed by atoms with Crippen LogP contribution in [0.5, 0.6) is 0 Å². The van der Waals surface area contributed by atoms with Gasteiger partial charge in [0.05, 0.1) is 5.56 Å². The number of carbonyl (C=O) groups is 1. The Hall–Kier alpha value is -1.58. The minimum absolute atomic E-state index is 0.0241. The third kappa shape index (κ3) is 3.45. The average Bonchev–Trinajstić information content (AvgIpc) is 2.42. The summed E-state index contributed by atoms with van der Waals surface area (Å²) in [6.07, 6.45) is 3.66. The summed E-state index contributed by atoms with van der Waals surface area (Å²) in [5.74, 6) is 0.704. The van der Waals surface area contributed by atoms with E-state index in [0.29, 0.717) is 11.4 Å². The first-order valence-electron chi connectivity index (χ1n) is 6.57. The molecular weight excluding hydrogens is 226 g/mol. The van der Waals surface area contributed by atoms with E-state index in [1.165, 1.54) is 0 Å². The largest absolute Gasteiger partial charge is 0.369 e. The van der Waals surface area contributed by atoms with Crippen molar-refractivity contribution < 1.29 is 4.79 Å². The van der Waals surface area contributed by atoms with Crippen molar-refractivity contribution in [2.45, 2.75) is 39.7 Å². The molecule has 4 heteroatoms. The van der Waals surface area contributed by atoms with Crippen molar-refractivity contribution in [2.24, 2.45) is 0 Å². The van der Waals surface area contributed by atoms with Crippen LogP contribution in [0, 0.1) is 0 Å². The van der Waals surface area contributed by atoms with Gasteiger partial charge in [-0.25, -0.2) is 4.98 Å². The van der Waals surface area contributed by atoms with Crippen LogP contribution >= 0.6 is 0 Å². The highest BCUT2D eigenvalue weighted by Gasteiger charge is 2.19.